The molecule has 29 heavy (non-hydrogen) atoms. The van der Waals surface area contributed by atoms with E-state index in [2.05, 4.69) is 17.1 Å². The maximum absolute atomic E-state index is 9.06. The first-order valence-corrected chi connectivity index (χ1v) is 9.88. The molecule has 6 heteroatoms. The van der Waals surface area contributed by atoms with Gasteiger partial charge in [-0.05, 0) is 48.5 Å². The molecule has 0 bridgehead atoms. The Morgan fingerprint density at radius 3 is 2.17 bits per heavy atom. The van der Waals surface area contributed by atoms with Gasteiger partial charge in [-0.3, -0.25) is 9.55 Å². The molecule has 0 aliphatic heterocycles. The van der Waals surface area contributed by atoms with Crippen molar-refractivity contribution in [2.75, 3.05) is 0 Å². The summed E-state index contributed by atoms with van der Waals surface area (Å²) in [6.45, 7) is 0. The summed E-state index contributed by atoms with van der Waals surface area (Å²) in [4.78, 5) is 9.20. The van der Waals surface area contributed by atoms with Crippen molar-refractivity contribution in [3.05, 3.63) is 95.9 Å². The van der Waals surface area contributed by atoms with Crippen molar-refractivity contribution in [1.29, 1.82) is 10.5 Å². The van der Waals surface area contributed by atoms with Crippen molar-refractivity contribution < 1.29 is 0 Å². The lowest BCUT2D eigenvalue weighted by Gasteiger charge is -2.07. The molecule has 0 aliphatic carbocycles. The second-order valence-corrected chi connectivity index (χ2v) is 7.18. The van der Waals surface area contributed by atoms with Crippen molar-refractivity contribution in [3.8, 4) is 29.1 Å². The maximum Gasteiger partial charge on any atom is 0.173 e. The minimum atomic E-state index is 0.615. The number of imidazole rings is 1. The van der Waals surface area contributed by atoms with Gasteiger partial charge >= 0.3 is 0 Å². The summed E-state index contributed by atoms with van der Waals surface area (Å²) in [7, 11) is 0. The van der Waals surface area contributed by atoms with E-state index >= 15 is 0 Å². The molecule has 5 nitrogen and oxygen atoms in total. The first-order chi connectivity index (χ1) is 14.3. The number of hydrogen-bond donors (Lipinski definition) is 0. The highest BCUT2D eigenvalue weighted by Crippen LogP contribution is 2.29. The van der Waals surface area contributed by atoms with E-state index in [1.54, 1.807) is 42.2 Å². The van der Waals surface area contributed by atoms with Crippen LogP contribution in [-0.4, -0.2) is 14.5 Å². The summed E-state index contributed by atoms with van der Waals surface area (Å²) < 4.78 is 2.02. The number of thioether (sulfide) groups is 1. The van der Waals surface area contributed by atoms with Crippen molar-refractivity contribution >= 4 is 11.8 Å². The molecule has 0 unspecified atom stereocenters. The summed E-state index contributed by atoms with van der Waals surface area (Å²) in [6, 6.07) is 24.9. The van der Waals surface area contributed by atoms with Crippen molar-refractivity contribution in [2.45, 2.75) is 10.9 Å². The molecule has 0 saturated carbocycles. The van der Waals surface area contributed by atoms with Crippen LogP contribution in [0.4, 0.5) is 0 Å². The van der Waals surface area contributed by atoms with Gasteiger partial charge in [0.2, 0.25) is 0 Å². The summed E-state index contributed by atoms with van der Waals surface area (Å²) in [5, 5.41) is 18.9. The van der Waals surface area contributed by atoms with Gasteiger partial charge in [-0.25, -0.2) is 4.98 Å². The van der Waals surface area contributed by atoms with Crippen LogP contribution in [0.25, 0.3) is 16.9 Å². The molecule has 2 aromatic carbocycles. The Labute approximate surface area is 172 Å². The monoisotopic (exact) mass is 393 g/mol. The number of nitriles is 2. The number of rotatable bonds is 5. The van der Waals surface area contributed by atoms with Gasteiger partial charge in [0.1, 0.15) is 0 Å². The predicted molar refractivity (Wildman–Crippen MR) is 112 cm³/mol. The highest BCUT2D eigenvalue weighted by Gasteiger charge is 2.13. The maximum atomic E-state index is 9.06. The highest BCUT2D eigenvalue weighted by molar-refractivity contribution is 7.98. The normalized spacial score (nSPS) is 10.3. The molecule has 0 aliphatic rings. The van der Waals surface area contributed by atoms with Crippen LogP contribution in [0.3, 0.4) is 0 Å². The smallest absolute Gasteiger partial charge is 0.173 e. The molecule has 0 radical (unpaired) electrons. The van der Waals surface area contributed by atoms with E-state index in [0.29, 0.717) is 16.9 Å². The molecular formula is C23H15N5S. The van der Waals surface area contributed by atoms with Gasteiger partial charge in [-0.1, -0.05) is 30.0 Å². The average Bonchev–Trinajstić information content (AvgIpc) is 3.23. The first-order valence-electron chi connectivity index (χ1n) is 8.90. The Hall–Kier alpha value is -3.87. The number of aromatic nitrogens is 3. The molecule has 0 amide bonds. The Morgan fingerprint density at radius 1 is 0.862 bits per heavy atom. The van der Waals surface area contributed by atoms with Crippen molar-refractivity contribution in [2.24, 2.45) is 0 Å². The van der Waals surface area contributed by atoms with Gasteiger partial charge in [0, 0.05) is 29.4 Å². The van der Waals surface area contributed by atoms with E-state index in [9.17, 15) is 0 Å². The molecule has 0 atom stereocenters. The largest absolute Gasteiger partial charge is 0.294 e. The standard InChI is InChI=1S/C23H15N5S/c24-13-17-4-8-19(9-5-17)22-15-28(21-10-6-18(14-25)7-11-21)23(27-22)29-16-20-3-1-2-12-26-20/h1-12,15H,16H2. The van der Waals surface area contributed by atoms with Gasteiger partial charge in [-0.2, -0.15) is 10.5 Å². The number of benzene rings is 2. The Morgan fingerprint density at radius 2 is 1.55 bits per heavy atom. The molecule has 0 spiro atoms. The average molecular weight is 393 g/mol. The fourth-order valence-electron chi connectivity index (χ4n) is 2.82. The van der Waals surface area contributed by atoms with Gasteiger partial charge < -0.3 is 0 Å². The zero-order valence-electron chi connectivity index (χ0n) is 15.4. The van der Waals surface area contributed by atoms with Gasteiger partial charge in [0.25, 0.3) is 0 Å². The molecule has 0 saturated heterocycles. The lowest BCUT2D eigenvalue weighted by molar-refractivity contribution is 0.894. The van der Waals surface area contributed by atoms with Gasteiger partial charge in [-0.15, -0.1) is 0 Å². The SMILES string of the molecule is N#Cc1ccc(-c2cn(-c3ccc(C#N)cc3)c(SCc3ccccn3)n2)cc1. The van der Waals surface area contributed by atoms with Crippen LogP contribution < -0.4 is 0 Å². The van der Waals surface area contributed by atoms with Crippen LogP contribution in [0.15, 0.2) is 84.3 Å². The van der Waals surface area contributed by atoms with E-state index in [1.165, 1.54) is 0 Å². The summed E-state index contributed by atoms with van der Waals surface area (Å²) in [6.07, 6.45) is 3.76. The fourth-order valence-corrected chi connectivity index (χ4v) is 3.73. The van der Waals surface area contributed by atoms with Crippen LogP contribution in [0.2, 0.25) is 0 Å². The van der Waals surface area contributed by atoms with Crippen LogP contribution in [0, 0.1) is 22.7 Å². The Kier molecular flexibility index (Phi) is 5.38. The zero-order valence-corrected chi connectivity index (χ0v) is 16.2. The van der Waals surface area contributed by atoms with E-state index in [-0.39, 0.29) is 0 Å². The molecular weight excluding hydrogens is 378 g/mol. The summed E-state index contributed by atoms with van der Waals surface area (Å²) in [5.41, 5.74) is 4.90. The topological polar surface area (TPSA) is 78.3 Å². The lowest BCUT2D eigenvalue weighted by atomic mass is 10.1. The molecule has 2 aromatic heterocycles. The Bertz CT molecular complexity index is 1200. The second-order valence-electron chi connectivity index (χ2n) is 6.24. The lowest BCUT2D eigenvalue weighted by Crippen LogP contribution is -1.96. The van der Waals surface area contributed by atoms with Crippen LogP contribution >= 0.6 is 11.8 Å². The fraction of sp³-hybridized carbons (Fsp3) is 0.0435. The van der Waals surface area contributed by atoms with Gasteiger partial charge in [0.05, 0.1) is 34.7 Å². The van der Waals surface area contributed by atoms with Crippen LogP contribution in [0.5, 0.6) is 0 Å². The Balaban J connectivity index is 1.70. The van der Waals surface area contributed by atoms with E-state index < -0.39 is 0 Å². The quantitative estimate of drug-likeness (QED) is 0.447. The summed E-state index contributed by atoms with van der Waals surface area (Å²) >= 11 is 1.60. The minimum Gasteiger partial charge on any atom is -0.294 e. The molecule has 4 aromatic rings. The first kappa shape index (κ1) is 18.5. The second kappa shape index (κ2) is 8.43. The summed E-state index contributed by atoms with van der Waals surface area (Å²) in [5.74, 6) is 0.695. The molecule has 4 rings (SSSR count). The number of pyridine rings is 1. The third-order valence-corrected chi connectivity index (χ3v) is 5.32. The van der Waals surface area contributed by atoms with E-state index in [4.69, 9.17) is 15.5 Å². The number of nitrogens with zero attached hydrogens (tertiary/aromatic N) is 5. The van der Waals surface area contributed by atoms with Crippen molar-refractivity contribution in [1.82, 2.24) is 14.5 Å². The third-order valence-electron chi connectivity index (χ3n) is 4.33. The number of hydrogen-bond acceptors (Lipinski definition) is 5. The molecule has 0 N–H and O–H groups in total. The third kappa shape index (κ3) is 4.19. The van der Waals surface area contributed by atoms with E-state index in [0.717, 1.165) is 27.8 Å². The molecule has 0 fully saturated rings. The van der Waals surface area contributed by atoms with Crippen LogP contribution in [-0.2, 0) is 5.75 Å². The van der Waals surface area contributed by atoms with E-state index in [1.807, 2.05) is 53.2 Å². The highest BCUT2D eigenvalue weighted by atomic mass is 32.2. The van der Waals surface area contributed by atoms with Crippen molar-refractivity contribution in [3.63, 3.8) is 0 Å². The molecule has 2 heterocycles. The molecule has 138 valence electrons. The minimum absolute atomic E-state index is 0.615. The van der Waals surface area contributed by atoms with Crippen LogP contribution in [0.1, 0.15) is 16.8 Å². The zero-order chi connectivity index (χ0) is 20.1. The van der Waals surface area contributed by atoms with Gasteiger partial charge in [0.15, 0.2) is 5.16 Å². The predicted octanol–water partition coefficient (Wildman–Crippen LogP) is 4.97.